The number of carbonyl (C=O) groups is 2. The number of Topliss-reactive ketones (excluding diaryl/α,β-unsaturated/α-hetero) is 2. The molecule has 0 bridgehead atoms. The van der Waals surface area contributed by atoms with Crippen LogP contribution in [-0.2, 0) is 19.1 Å². The summed E-state index contributed by atoms with van der Waals surface area (Å²) in [5.74, 6) is -6.12. The molecular weight excluding hydrogens is 580 g/mol. The Morgan fingerprint density at radius 3 is 1.86 bits per heavy atom. The fourth-order valence-corrected chi connectivity index (χ4v) is 5.24. The van der Waals surface area contributed by atoms with Crippen molar-refractivity contribution in [3.8, 4) is 5.75 Å². The Hall–Kier alpha value is -3.26. The Labute approximate surface area is 242 Å². The normalized spacial score (nSPS) is 40.3. The lowest BCUT2D eigenvalue weighted by Crippen LogP contribution is -2.72. The van der Waals surface area contributed by atoms with Crippen molar-refractivity contribution in [1.29, 1.82) is 0 Å². The van der Waals surface area contributed by atoms with Gasteiger partial charge in [-0.05, 0) is 23.8 Å². The maximum Gasteiger partial charge on any atom is 0.219 e. The molecule has 0 amide bonds. The van der Waals surface area contributed by atoms with Crippen LogP contribution in [0.15, 0.2) is 53.0 Å². The number of allylic oxidation sites excluding steroid dienone is 2. The van der Waals surface area contributed by atoms with E-state index in [4.69, 9.17) is 9.47 Å². The Kier molecular flexibility index (Phi) is 9.41. The molecule has 0 saturated carbocycles. The van der Waals surface area contributed by atoms with E-state index in [1.165, 1.54) is 30.3 Å². The zero-order valence-electron chi connectivity index (χ0n) is 22.2. The highest BCUT2D eigenvalue weighted by molar-refractivity contribution is 6.28. The van der Waals surface area contributed by atoms with Gasteiger partial charge in [-0.2, -0.15) is 0 Å². The van der Waals surface area contributed by atoms with E-state index in [0.29, 0.717) is 5.56 Å². The Balaban J connectivity index is 1.92. The second kappa shape index (κ2) is 12.4. The van der Waals surface area contributed by atoms with Crippen molar-refractivity contribution in [2.75, 3.05) is 13.2 Å². The quantitative estimate of drug-likeness (QED) is 0.0820. The van der Waals surface area contributed by atoms with Crippen molar-refractivity contribution in [2.24, 2.45) is 0 Å². The third-order valence-electron chi connectivity index (χ3n) is 7.72. The molecule has 16 heteroatoms. The van der Waals surface area contributed by atoms with Gasteiger partial charge in [0.25, 0.3) is 0 Å². The molecule has 16 nitrogen and oxygen atoms in total. The standard InChI is InChI=1S/C27H32O16/c28-7-12-16(32)19(35)21(37)23(42-12)15-18(34)14(11(31)6-3-9-1-4-10(30)5-2-9)24(39)27(41,25(15)40)26-22(38)20(36)17(33)13(8-29)43-26/h1-6,12-13,16-17,19-23,26,28-38,41H,7-8H2/b6-3+,14-11?/t12-,13-,16+,17+,19+,20+,21-,22+,23-,26+,27-/m0/s1. The topological polar surface area (TPSA) is 295 Å². The van der Waals surface area contributed by atoms with Gasteiger partial charge in [0, 0.05) is 0 Å². The lowest BCUT2D eigenvalue weighted by Gasteiger charge is -2.48. The van der Waals surface area contributed by atoms with Crippen molar-refractivity contribution in [3.05, 3.63) is 58.6 Å². The second-order valence-electron chi connectivity index (χ2n) is 10.4. The number of rotatable bonds is 6. The minimum absolute atomic E-state index is 0.0879. The molecule has 4 rings (SSSR count). The number of aliphatic hydroxyl groups is 11. The number of aromatic hydroxyl groups is 1. The van der Waals surface area contributed by atoms with Crippen LogP contribution in [0.4, 0.5) is 0 Å². The molecule has 3 aliphatic rings. The summed E-state index contributed by atoms with van der Waals surface area (Å²) in [7, 11) is 0. The van der Waals surface area contributed by atoms with Gasteiger partial charge in [0.1, 0.15) is 83.9 Å². The first-order valence-corrected chi connectivity index (χ1v) is 13.0. The molecule has 0 aromatic heterocycles. The number of phenolic OH excluding ortho intramolecular Hbond substituents is 1. The molecule has 1 aromatic rings. The van der Waals surface area contributed by atoms with Crippen LogP contribution in [0.25, 0.3) is 6.08 Å². The number of hydrogen-bond donors (Lipinski definition) is 12. The Morgan fingerprint density at radius 2 is 1.30 bits per heavy atom. The van der Waals surface area contributed by atoms with Crippen LogP contribution in [-0.4, -0.2) is 153 Å². The van der Waals surface area contributed by atoms with Crippen molar-refractivity contribution in [2.45, 2.75) is 66.6 Å². The SMILES string of the molecule is O=C1C(=C(O)/C=C/c2ccc(O)cc2)C(O)=C([C@@H]2O[C@@H](CO)[C@@H](O)[C@@H](O)[C@@H]2O)C(=O)[C@]1(O)[C@@H]1O[C@@H](CO)[C@@H](O)[C@@H](O)[C@H]1O. The summed E-state index contributed by atoms with van der Waals surface area (Å²) in [6.45, 7) is -1.99. The first-order valence-electron chi connectivity index (χ1n) is 13.0. The van der Waals surface area contributed by atoms with Crippen molar-refractivity contribution in [3.63, 3.8) is 0 Å². The zero-order chi connectivity index (χ0) is 32.0. The van der Waals surface area contributed by atoms with E-state index in [0.717, 1.165) is 6.08 Å². The van der Waals surface area contributed by atoms with Crippen molar-refractivity contribution in [1.82, 2.24) is 0 Å². The van der Waals surface area contributed by atoms with Crippen LogP contribution in [0.3, 0.4) is 0 Å². The third kappa shape index (κ3) is 5.47. The summed E-state index contributed by atoms with van der Waals surface area (Å²) in [4.78, 5) is 27.6. The van der Waals surface area contributed by atoms with Gasteiger partial charge in [0.2, 0.25) is 17.2 Å². The predicted molar refractivity (Wildman–Crippen MR) is 139 cm³/mol. The molecule has 1 aliphatic carbocycles. The fraction of sp³-hybridized carbons (Fsp3) is 0.481. The summed E-state index contributed by atoms with van der Waals surface area (Å²) < 4.78 is 10.6. The number of ether oxygens (including phenoxy) is 2. The third-order valence-corrected chi connectivity index (χ3v) is 7.72. The summed E-state index contributed by atoms with van der Waals surface area (Å²) in [6.07, 6.45) is -18.7. The molecule has 2 aliphatic heterocycles. The average Bonchev–Trinajstić information content (AvgIpc) is 2.98. The van der Waals surface area contributed by atoms with Crippen molar-refractivity contribution < 1.29 is 80.3 Å². The van der Waals surface area contributed by atoms with Crippen LogP contribution in [0.5, 0.6) is 5.75 Å². The van der Waals surface area contributed by atoms with E-state index in [1.54, 1.807) is 0 Å². The highest BCUT2D eigenvalue weighted by Crippen LogP contribution is 2.42. The first kappa shape index (κ1) is 32.6. The number of ketones is 2. The molecule has 2 fully saturated rings. The van der Waals surface area contributed by atoms with Gasteiger partial charge in [-0.3, -0.25) is 9.59 Å². The maximum atomic E-state index is 13.9. The van der Waals surface area contributed by atoms with E-state index >= 15 is 0 Å². The van der Waals surface area contributed by atoms with Gasteiger partial charge < -0.3 is 70.8 Å². The van der Waals surface area contributed by atoms with Gasteiger partial charge in [-0.15, -0.1) is 0 Å². The van der Waals surface area contributed by atoms with Gasteiger partial charge in [0.15, 0.2) is 0 Å². The van der Waals surface area contributed by atoms with Gasteiger partial charge in [-0.1, -0.05) is 18.2 Å². The molecule has 2 saturated heterocycles. The molecule has 0 radical (unpaired) electrons. The number of hydrogen-bond acceptors (Lipinski definition) is 16. The Bertz CT molecular complexity index is 1320. The van der Waals surface area contributed by atoms with Crippen molar-refractivity contribution >= 4 is 17.6 Å². The van der Waals surface area contributed by atoms with Crippen LogP contribution >= 0.6 is 0 Å². The smallest absolute Gasteiger partial charge is 0.219 e. The minimum atomic E-state index is -3.63. The highest BCUT2D eigenvalue weighted by Gasteiger charge is 2.65. The van der Waals surface area contributed by atoms with E-state index in [-0.39, 0.29) is 5.75 Å². The van der Waals surface area contributed by atoms with E-state index in [1.807, 2.05) is 0 Å². The zero-order valence-corrected chi connectivity index (χ0v) is 22.2. The van der Waals surface area contributed by atoms with Crippen LogP contribution < -0.4 is 0 Å². The average molecular weight is 613 g/mol. The largest absolute Gasteiger partial charge is 0.508 e. The number of aliphatic hydroxyl groups excluding tert-OH is 10. The molecule has 0 unspecified atom stereocenters. The Morgan fingerprint density at radius 1 is 0.767 bits per heavy atom. The van der Waals surface area contributed by atoms with Crippen LogP contribution in [0, 0.1) is 0 Å². The molecule has 11 atom stereocenters. The van der Waals surface area contributed by atoms with E-state index in [2.05, 4.69) is 0 Å². The summed E-state index contributed by atoms with van der Waals surface area (Å²) >= 11 is 0. The molecule has 43 heavy (non-hydrogen) atoms. The fourth-order valence-electron chi connectivity index (χ4n) is 5.24. The molecule has 236 valence electrons. The molecular formula is C27H32O16. The van der Waals surface area contributed by atoms with Gasteiger partial charge >= 0.3 is 0 Å². The minimum Gasteiger partial charge on any atom is -0.508 e. The summed E-state index contributed by atoms with van der Waals surface area (Å²) in [6, 6.07) is 5.38. The number of benzene rings is 1. The lowest BCUT2D eigenvalue weighted by molar-refractivity contribution is -0.261. The second-order valence-corrected chi connectivity index (χ2v) is 10.4. The molecule has 2 heterocycles. The van der Waals surface area contributed by atoms with Crippen LogP contribution in [0.1, 0.15) is 5.56 Å². The van der Waals surface area contributed by atoms with E-state index in [9.17, 15) is 70.9 Å². The van der Waals surface area contributed by atoms with Gasteiger partial charge in [-0.25, -0.2) is 0 Å². The molecule has 0 spiro atoms. The van der Waals surface area contributed by atoms with Crippen LogP contribution in [0.2, 0.25) is 0 Å². The first-order chi connectivity index (χ1) is 20.2. The molecule has 12 N–H and O–H groups in total. The van der Waals surface area contributed by atoms with E-state index < -0.39 is 114 Å². The number of carbonyl (C=O) groups excluding carboxylic acids is 2. The monoisotopic (exact) mass is 612 g/mol. The predicted octanol–water partition coefficient (Wildman–Crippen LogP) is -4.40. The highest BCUT2D eigenvalue weighted by atomic mass is 16.6. The van der Waals surface area contributed by atoms with Gasteiger partial charge in [0.05, 0.1) is 18.8 Å². The maximum absolute atomic E-state index is 13.9. The summed E-state index contributed by atoms with van der Waals surface area (Å²) in [5.41, 5.74) is -5.62. The number of phenols is 1. The molecule has 1 aromatic carbocycles. The summed E-state index contributed by atoms with van der Waals surface area (Å²) in [5, 5.41) is 125. The lowest BCUT2D eigenvalue weighted by atomic mass is 9.69.